The van der Waals surface area contributed by atoms with E-state index in [1.807, 2.05) is 12.3 Å². The number of thiazole rings is 1. The van der Waals surface area contributed by atoms with Crippen molar-refractivity contribution in [1.82, 2.24) is 14.8 Å². The molecule has 0 unspecified atom stereocenters. The Morgan fingerprint density at radius 1 is 1.09 bits per heavy atom. The van der Waals surface area contributed by atoms with E-state index in [1.54, 1.807) is 40.1 Å². The lowest BCUT2D eigenvalue weighted by molar-refractivity contribution is -0.387. The van der Waals surface area contributed by atoms with Crippen molar-refractivity contribution in [1.29, 1.82) is 0 Å². The van der Waals surface area contributed by atoms with Gasteiger partial charge in [0.05, 0.1) is 15.4 Å². The van der Waals surface area contributed by atoms with E-state index in [0.717, 1.165) is 5.69 Å². The predicted octanol–water partition coefficient (Wildman–Crippen LogP) is 3.81. The molecule has 2 aromatic carbocycles. The van der Waals surface area contributed by atoms with Crippen LogP contribution in [0.25, 0.3) is 0 Å². The van der Waals surface area contributed by atoms with Crippen molar-refractivity contribution in [2.45, 2.75) is 16.2 Å². The van der Waals surface area contributed by atoms with Gasteiger partial charge in [-0.2, -0.15) is 0 Å². The summed E-state index contributed by atoms with van der Waals surface area (Å²) in [6, 6.07) is 10.8. The number of piperazine rings is 1. The number of nitro benzene ring substituents is 1. The second-order valence-corrected chi connectivity index (χ2v) is 9.55. The molecule has 1 aliphatic rings. The topological polar surface area (TPSA) is 117 Å². The molecule has 9 nitrogen and oxygen atoms in total. The first-order chi connectivity index (χ1) is 15.8. The third kappa shape index (κ3) is 4.99. The van der Waals surface area contributed by atoms with Crippen LogP contribution in [-0.4, -0.2) is 62.8 Å². The van der Waals surface area contributed by atoms with Crippen LogP contribution in [0.3, 0.4) is 0 Å². The first-order valence-corrected chi connectivity index (χ1v) is 11.8. The molecule has 0 atom stereocenters. The van der Waals surface area contributed by atoms with Crippen molar-refractivity contribution < 1.29 is 19.6 Å². The van der Waals surface area contributed by atoms with E-state index in [1.165, 1.54) is 35.2 Å². The van der Waals surface area contributed by atoms with Crippen LogP contribution in [0.15, 0.2) is 57.1 Å². The maximum Gasteiger partial charge on any atom is 0.284 e. The third-order valence-electron chi connectivity index (χ3n) is 5.19. The molecule has 4 rings (SSSR count). The second-order valence-electron chi connectivity index (χ2n) is 7.40. The summed E-state index contributed by atoms with van der Waals surface area (Å²) < 4.78 is 0.694. The number of carbonyl (C=O) groups is 2. The lowest BCUT2D eigenvalue weighted by Crippen LogP contribution is -2.50. The van der Waals surface area contributed by atoms with Crippen LogP contribution in [-0.2, 0) is 0 Å². The van der Waals surface area contributed by atoms with E-state index in [4.69, 9.17) is 0 Å². The third-order valence-corrected chi connectivity index (χ3v) is 7.31. The summed E-state index contributed by atoms with van der Waals surface area (Å²) in [6.45, 7) is 3.05. The molecule has 1 saturated heterocycles. The largest absolute Gasteiger partial charge is 0.507 e. The molecule has 0 saturated carbocycles. The maximum absolute atomic E-state index is 13.0. The molecule has 0 bridgehead atoms. The predicted molar refractivity (Wildman–Crippen MR) is 124 cm³/mol. The van der Waals surface area contributed by atoms with Gasteiger partial charge in [0, 0.05) is 48.9 Å². The molecule has 11 heteroatoms. The highest BCUT2D eigenvalue weighted by atomic mass is 32.2. The SMILES string of the molecule is Cc1csc(Sc2ccc(C(=O)N3CCN(C(=O)c4ccccc4O)CC3)cc2[N+](=O)[O-])n1. The van der Waals surface area contributed by atoms with Gasteiger partial charge in [0.15, 0.2) is 4.34 Å². The number of para-hydroxylation sites is 1. The molecule has 0 radical (unpaired) electrons. The summed E-state index contributed by atoms with van der Waals surface area (Å²) in [7, 11) is 0. The van der Waals surface area contributed by atoms with E-state index in [0.29, 0.717) is 35.4 Å². The Kier molecular flexibility index (Phi) is 6.61. The van der Waals surface area contributed by atoms with Crippen LogP contribution in [0.2, 0.25) is 0 Å². The number of nitrogens with zero attached hydrogens (tertiary/aromatic N) is 4. The quantitative estimate of drug-likeness (QED) is 0.432. The van der Waals surface area contributed by atoms with Crippen LogP contribution in [0.1, 0.15) is 26.4 Å². The zero-order valence-corrected chi connectivity index (χ0v) is 19.3. The second kappa shape index (κ2) is 9.59. The van der Waals surface area contributed by atoms with Crippen LogP contribution >= 0.6 is 23.1 Å². The molecule has 1 aromatic heterocycles. The Morgan fingerprint density at radius 3 is 2.36 bits per heavy atom. The Hall–Kier alpha value is -3.44. The highest BCUT2D eigenvalue weighted by Crippen LogP contribution is 2.37. The zero-order chi connectivity index (χ0) is 23.5. The lowest BCUT2D eigenvalue weighted by Gasteiger charge is -2.35. The minimum atomic E-state index is -0.498. The first-order valence-electron chi connectivity index (χ1n) is 10.1. The molecule has 2 amide bonds. The number of aromatic nitrogens is 1. The molecule has 2 heterocycles. The molecular formula is C22H20N4O5S2. The average Bonchev–Trinajstić information content (AvgIpc) is 3.23. The Morgan fingerprint density at radius 2 is 1.76 bits per heavy atom. The number of rotatable bonds is 5. The van der Waals surface area contributed by atoms with Gasteiger partial charge in [0.2, 0.25) is 0 Å². The number of benzene rings is 2. The molecular weight excluding hydrogens is 464 g/mol. The van der Waals surface area contributed by atoms with Gasteiger partial charge < -0.3 is 14.9 Å². The highest BCUT2D eigenvalue weighted by Gasteiger charge is 2.28. The molecule has 1 N–H and O–H groups in total. The number of aromatic hydroxyl groups is 1. The van der Waals surface area contributed by atoms with Crippen molar-refractivity contribution >= 4 is 40.6 Å². The number of nitro groups is 1. The Balaban J connectivity index is 1.45. The molecule has 170 valence electrons. The number of hydrogen-bond acceptors (Lipinski definition) is 8. The number of phenolic OH excluding ortho intramolecular Hbond substituents is 1. The summed E-state index contributed by atoms with van der Waals surface area (Å²) in [5.74, 6) is -0.705. The van der Waals surface area contributed by atoms with Gasteiger partial charge in [-0.15, -0.1) is 11.3 Å². The van der Waals surface area contributed by atoms with Crippen LogP contribution in [0, 0.1) is 17.0 Å². The van der Waals surface area contributed by atoms with Gasteiger partial charge in [0.1, 0.15) is 5.75 Å². The number of amides is 2. The van der Waals surface area contributed by atoms with Gasteiger partial charge in [-0.1, -0.05) is 23.9 Å². The van der Waals surface area contributed by atoms with E-state index >= 15 is 0 Å². The van der Waals surface area contributed by atoms with Crippen LogP contribution in [0.4, 0.5) is 5.69 Å². The molecule has 33 heavy (non-hydrogen) atoms. The minimum Gasteiger partial charge on any atom is -0.507 e. The fourth-order valence-corrected chi connectivity index (χ4v) is 5.35. The molecule has 1 aliphatic heterocycles. The molecule has 1 fully saturated rings. The minimum absolute atomic E-state index is 0.0841. The van der Waals surface area contributed by atoms with Crippen molar-refractivity contribution in [2.75, 3.05) is 26.2 Å². The summed E-state index contributed by atoms with van der Waals surface area (Å²) in [6.07, 6.45) is 0. The van der Waals surface area contributed by atoms with E-state index < -0.39 is 4.92 Å². The fourth-order valence-electron chi connectivity index (χ4n) is 3.47. The van der Waals surface area contributed by atoms with Crippen molar-refractivity contribution in [2.24, 2.45) is 0 Å². The highest BCUT2D eigenvalue weighted by molar-refractivity contribution is 8.01. The fraction of sp³-hybridized carbons (Fsp3) is 0.227. The number of hydrogen-bond donors (Lipinski definition) is 1. The molecule has 0 aliphatic carbocycles. The van der Waals surface area contributed by atoms with Crippen LogP contribution < -0.4 is 0 Å². The average molecular weight is 485 g/mol. The first kappa shape index (κ1) is 22.7. The van der Waals surface area contributed by atoms with Gasteiger partial charge in [0.25, 0.3) is 17.5 Å². The van der Waals surface area contributed by atoms with E-state index in [2.05, 4.69) is 4.98 Å². The monoisotopic (exact) mass is 484 g/mol. The summed E-state index contributed by atoms with van der Waals surface area (Å²) in [5.41, 5.74) is 1.14. The van der Waals surface area contributed by atoms with Crippen LogP contribution in [0.5, 0.6) is 5.75 Å². The number of aryl methyl sites for hydroxylation is 1. The smallest absolute Gasteiger partial charge is 0.284 e. The molecule has 3 aromatic rings. The van der Waals surface area contributed by atoms with Gasteiger partial charge in [-0.05, 0) is 31.2 Å². The maximum atomic E-state index is 13.0. The molecule has 0 spiro atoms. The standard InChI is InChI=1S/C22H20N4O5S2/c1-14-13-32-22(23-14)33-19-7-6-15(12-17(19)26(30)31)20(28)24-8-10-25(11-9-24)21(29)16-4-2-3-5-18(16)27/h2-7,12-13,27H,8-11H2,1H3. The van der Waals surface area contributed by atoms with Gasteiger partial charge in [-0.3, -0.25) is 19.7 Å². The summed E-state index contributed by atoms with van der Waals surface area (Å²) in [5, 5.41) is 23.4. The number of carbonyl (C=O) groups excluding carboxylic acids is 2. The van der Waals surface area contributed by atoms with Crippen molar-refractivity contribution in [3.63, 3.8) is 0 Å². The summed E-state index contributed by atoms with van der Waals surface area (Å²) in [4.78, 5) is 44.7. The number of phenols is 1. The summed E-state index contributed by atoms with van der Waals surface area (Å²) >= 11 is 2.60. The van der Waals surface area contributed by atoms with E-state index in [-0.39, 0.29) is 34.4 Å². The normalized spacial score (nSPS) is 13.7. The zero-order valence-electron chi connectivity index (χ0n) is 17.6. The van der Waals surface area contributed by atoms with Gasteiger partial charge in [-0.25, -0.2) is 4.98 Å². The Bertz CT molecular complexity index is 1220. The van der Waals surface area contributed by atoms with Crippen molar-refractivity contribution in [3.05, 3.63) is 74.8 Å². The van der Waals surface area contributed by atoms with Gasteiger partial charge >= 0.3 is 0 Å². The lowest BCUT2D eigenvalue weighted by atomic mass is 10.1. The van der Waals surface area contributed by atoms with E-state index in [9.17, 15) is 24.8 Å². The van der Waals surface area contributed by atoms with Crippen molar-refractivity contribution in [3.8, 4) is 5.75 Å². The Labute approximate surface area is 197 Å².